The highest BCUT2D eigenvalue weighted by molar-refractivity contribution is 5.45. The predicted octanol–water partition coefficient (Wildman–Crippen LogP) is 2.03. The van der Waals surface area contributed by atoms with Crippen molar-refractivity contribution in [3.05, 3.63) is 48.2 Å². The molecule has 1 aromatic carbocycles. The summed E-state index contributed by atoms with van der Waals surface area (Å²) in [5, 5.41) is 8.71. The normalized spacial score (nSPS) is 9.41. The highest BCUT2D eigenvalue weighted by Gasteiger charge is 2.00. The molecule has 5 heteroatoms. The zero-order chi connectivity index (χ0) is 12.1. The standard InChI is InChI=1S/C12H10N4O/c13-8-10-2-1-3-12(15-10)17-11-6-4-9(16-14)5-7-11/h1-7,16H,14H2. The molecule has 2 rings (SSSR count). The van der Waals surface area contributed by atoms with E-state index in [0.717, 1.165) is 5.69 Å². The number of rotatable bonds is 3. The maximum absolute atomic E-state index is 8.71. The van der Waals surface area contributed by atoms with Gasteiger partial charge in [-0.3, -0.25) is 5.84 Å². The van der Waals surface area contributed by atoms with Crippen molar-refractivity contribution in [2.45, 2.75) is 0 Å². The van der Waals surface area contributed by atoms with E-state index in [1.807, 2.05) is 6.07 Å². The van der Waals surface area contributed by atoms with E-state index >= 15 is 0 Å². The minimum absolute atomic E-state index is 0.322. The van der Waals surface area contributed by atoms with Gasteiger partial charge in [0.15, 0.2) is 0 Å². The summed E-state index contributed by atoms with van der Waals surface area (Å²) < 4.78 is 5.49. The number of ether oxygens (including phenoxy) is 1. The molecular formula is C12H10N4O. The predicted molar refractivity (Wildman–Crippen MR) is 63.3 cm³/mol. The fraction of sp³-hybridized carbons (Fsp3) is 0. The zero-order valence-electron chi connectivity index (χ0n) is 8.92. The van der Waals surface area contributed by atoms with Crippen LogP contribution in [0.3, 0.4) is 0 Å². The van der Waals surface area contributed by atoms with Crippen molar-refractivity contribution in [1.82, 2.24) is 4.98 Å². The summed E-state index contributed by atoms with van der Waals surface area (Å²) in [5.74, 6) is 6.27. The largest absolute Gasteiger partial charge is 0.439 e. The monoisotopic (exact) mass is 226 g/mol. The maximum Gasteiger partial charge on any atom is 0.220 e. The van der Waals surface area contributed by atoms with Crippen LogP contribution < -0.4 is 16.0 Å². The van der Waals surface area contributed by atoms with Crippen molar-refractivity contribution in [2.75, 3.05) is 5.43 Å². The molecule has 1 aromatic heterocycles. The molecule has 0 amide bonds. The number of aromatic nitrogens is 1. The molecule has 0 saturated heterocycles. The van der Waals surface area contributed by atoms with Crippen molar-refractivity contribution >= 4 is 5.69 Å². The van der Waals surface area contributed by atoms with Gasteiger partial charge in [-0.05, 0) is 30.3 Å². The summed E-state index contributed by atoms with van der Waals surface area (Å²) in [6.45, 7) is 0. The molecule has 0 aliphatic heterocycles. The number of pyridine rings is 1. The van der Waals surface area contributed by atoms with Gasteiger partial charge in [0.25, 0.3) is 0 Å². The molecule has 0 saturated carbocycles. The van der Waals surface area contributed by atoms with Crippen molar-refractivity contribution in [2.24, 2.45) is 5.84 Å². The minimum atomic E-state index is 0.322. The lowest BCUT2D eigenvalue weighted by atomic mass is 10.3. The molecule has 3 N–H and O–H groups in total. The van der Waals surface area contributed by atoms with Crippen molar-refractivity contribution in [3.8, 4) is 17.7 Å². The Balaban J connectivity index is 2.16. The molecule has 5 nitrogen and oxygen atoms in total. The Kier molecular flexibility index (Phi) is 3.19. The molecule has 0 aliphatic rings. The van der Waals surface area contributed by atoms with Gasteiger partial charge in [-0.25, -0.2) is 4.98 Å². The molecule has 0 atom stereocenters. The van der Waals surface area contributed by atoms with Crippen molar-refractivity contribution in [1.29, 1.82) is 5.26 Å². The molecular weight excluding hydrogens is 216 g/mol. The lowest BCUT2D eigenvalue weighted by Gasteiger charge is -2.05. The first-order valence-electron chi connectivity index (χ1n) is 4.93. The Morgan fingerprint density at radius 3 is 2.59 bits per heavy atom. The number of benzene rings is 1. The van der Waals surface area contributed by atoms with Crippen LogP contribution in [0.2, 0.25) is 0 Å². The van der Waals surface area contributed by atoms with E-state index in [-0.39, 0.29) is 0 Å². The number of nitrogens with two attached hydrogens (primary N) is 1. The SMILES string of the molecule is N#Cc1cccc(Oc2ccc(NN)cc2)n1. The second-order valence-electron chi connectivity index (χ2n) is 3.24. The van der Waals surface area contributed by atoms with Crippen LogP contribution in [0.15, 0.2) is 42.5 Å². The smallest absolute Gasteiger partial charge is 0.220 e. The first kappa shape index (κ1) is 10.9. The third-order valence-corrected chi connectivity index (χ3v) is 2.08. The third kappa shape index (κ3) is 2.71. The average Bonchev–Trinajstić information content (AvgIpc) is 2.40. The van der Waals surface area contributed by atoms with Crippen molar-refractivity contribution in [3.63, 3.8) is 0 Å². The Morgan fingerprint density at radius 1 is 1.18 bits per heavy atom. The quantitative estimate of drug-likeness (QED) is 0.618. The van der Waals surface area contributed by atoms with Crippen LogP contribution in [-0.2, 0) is 0 Å². The van der Waals surface area contributed by atoms with Gasteiger partial charge in [-0.2, -0.15) is 5.26 Å². The lowest BCUT2D eigenvalue weighted by molar-refractivity contribution is 0.462. The van der Waals surface area contributed by atoms with Crippen LogP contribution in [0.5, 0.6) is 11.6 Å². The van der Waals surface area contributed by atoms with Crippen LogP contribution in [0.1, 0.15) is 5.69 Å². The van der Waals surface area contributed by atoms with Gasteiger partial charge in [-0.15, -0.1) is 0 Å². The summed E-state index contributed by atoms with van der Waals surface area (Å²) in [5.41, 5.74) is 3.63. The number of anilines is 1. The lowest BCUT2D eigenvalue weighted by Crippen LogP contribution is -2.05. The number of hydrogen-bond acceptors (Lipinski definition) is 5. The summed E-state index contributed by atoms with van der Waals surface area (Å²) in [6, 6.07) is 14.1. The molecule has 0 bridgehead atoms. The van der Waals surface area contributed by atoms with Crippen LogP contribution in [-0.4, -0.2) is 4.98 Å². The van der Waals surface area contributed by atoms with Gasteiger partial charge >= 0.3 is 0 Å². The van der Waals surface area contributed by atoms with E-state index in [0.29, 0.717) is 17.3 Å². The van der Waals surface area contributed by atoms with Crippen LogP contribution in [0.4, 0.5) is 5.69 Å². The van der Waals surface area contributed by atoms with Gasteiger partial charge in [0.05, 0.1) is 0 Å². The summed E-state index contributed by atoms with van der Waals surface area (Å²) in [7, 11) is 0. The molecule has 2 aromatic rings. The Morgan fingerprint density at radius 2 is 1.94 bits per heavy atom. The van der Waals surface area contributed by atoms with Crippen LogP contribution >= 0.6 is 0 Å². The maximum atomic E-state index is 8.71. The van der Waals surface area contributed by atoms with Crippen LogP contribution in [0, 0.1) is 11.3 Å². The van der Waals surface area contributed by atoms with Gasteiger partial charge in [0, 0.05) is 11.8 Å². The molecule has 0 fully saturated rings. The number of nitrogens with zero attached hydrogens (tertiary/aromatic N) is 2. The third-order valence-electron chi connectivity index (χ3n) is 2.08. The van der Waals surface area contributed by atoms with Crippen LogP contribution in [0.25, 0.3) is 0 Å². The molecule has 0 spiro atoms. The Hall–Kier alpha value is -2.58. The van der Waals surface area contributed by atoms with E-state index in [9.17, 15) is 0 Å². The zero-order valence-corrected chi connectivity index (χ0v) is 8.92. The second kappa shape index (κ2) is 4.96. The van der Waals surface area contributed by atoms with Crippen molar-refractivity contribution < 1.29 is 4.74 Å². The van der Waals surface area contributed by atoms with Gasteiger partial charge in [-0.1, -0.05) is 6.07 Å². The van der Waals surface area contributed by atoms with Gasteiger partial charge in [0.2, 0.25) is 5.88 Å². The Bertz CT molecular complexity index is 545. The van der Waals surface area contributed by atoms with E-state index in [2.05, 4.69) is 10.4 Å². The number of nitriles is 1. The first-order valence-corrected chi connectivity index (χ1v) is 4.93. The highest BCUT2D eigenvalue weighted by atomic mass is 16.5. The summed E-state index contributed by atoms with van der Waals surface area (Å²) in [4.78, 5) is 4.01. The molecule has 17 heavy (non-hydrogen) atoms. The molecule has 0 unspecified atom stereocenters. The molecule has 0 radical (unpaired) electrons. The molecule has 84 valence electrons. The molecule has 0 aliphatic carbocycles. The van der Waals surface area contributed by atoms with Gasteiger partial charge < -0.3 is 10.2 Å². The first-order chi connectivity index (χ1) is 8.31. The number of nitrogens with one attached hydrogen (secondary N) is 1. The fourth-order valence-corrected chi connectivity index (χ4v) is 1.27. The second-order valence-corrected chi connectivity index (χ2v) is 3.24. The fourth-order valence-electron chi connectivity index (χ4n) is 1.27. The highest BCUT2D eigenvalue weighted by Crippen LogP contribution is 2.21. The Labute approximate surface area is 98.4 Å². The minimum Gasteiger partial charge on any atom is -0.439 e. The van der Waals surface area contributed by atoms with Gasteiger partial charge in [0.1, 0.15) is 17.5 Å². The average molecular weight is 226 g/mol. The van der Waals surface area contributed by atoms with E-state index in [4.69, 9.17) is 15.8 Å². The topological polar surface area (TPSA) is 84.0 Å². The summed E-state index contributed by atoms with van der Waals surface area (Å²) in [6.07, 6.45) is 0. The number of hydrazine groups is 1. The van der Waals surface area contributed by atoms with E-state index in [1.54, 1.807) is 42.5 Å². The van der Waals surface area contributed by atoms with E-state index in [1.165, 1.54) is 0 Å². The summed E-state index contributed by atoms with van der Waals surface area (Å²) >= 11 is 0. The number of nitrogen functional groups attached to an aromatic ring is 1. The molecule has 1 heterocycles. The number of hydrogen-bond donors (Lipinski definition) is 2. The van der Waals surface area contributed by atoms with E-state index < -0.39 is 0 Å².